The molecule has 0 heterocycles. The summed E-state index contributed by atoms with van der Waals surface area (Å²) in [6.45, 7) is 7.71. The average Bonchev–Trinajstić information content (AvgIpc) is 2.25. The SMILES string of the molecule is C=C(CC)COc1ccc([C@@H](C)O)c(F)c1. The fourth-order valence-electron chi connectivity index (χ4n) is 1.22. The van der Waals surface area contributed by atoms with Crippen molar-refractivity contribution in [3.63, 3.8) is 0 Å². The summed E-state index contributed by atoms with van der Waals surface area (Å²) in [6, 6.07) is 4.46. The van der Waals surface area contributed by atoms with Crippen LogP contribution in [-0.4, -0.2) is 11.7 Å². The van der Waals surface area contributed by atoms with Gasteiger partial charge in [0.25, 0.3) is 0 Å². The van der Waals surface area contributed by atoms with Crippen molar-refractivity contribution in [1.82, 2.24) is 0 Å². The molecule has 0 amide bonds. The minimum absolute atomic E-state index is 0.279. The van der Waals surface area contributed by atoms with Crippen molar-refractivity contribution < 1.29 is 14.2 Å². The van der Waals surface area contributed by atoms with Gasteiger partial charge in [0.2, 0.25) is 0 Å². The van der Waals surface area contributed by atoms with Crippen molar-refractivity contribution in [2.24, 2.45) is 0 Å². The zero-order chi connectivity index (χ0) is 12.1. The highest BCUT2D eigenvalue weighted by Gasteiger charge is 2.08. The smallest absolute Gasteiger partial charge is 0.132 e. The summed E-state index contributed by atoms with van der Waals surface area (Å²) in [7, 11) is 0. The molecule has 16 heavy (non-hydrogen) atoms. The van der Waals surface area contributed by atoms with Gasteiger partial charge in [-0.1, -0.05) is 13.5 Å². The molecule has 0 saturated carbocycles. The third-order valence-electron chi connectivity index (χ3n) is 2.36. The molecule has 1 aromatic rings. The first kappa shape index (κ1) is 12.7. The van der Waals surface area contributed by atoms with E-state index in [1.165, 1.54) is 19.1 Å². The van der Waals surface area contributed by atoms with Crippen LogP contribution in [-0.2, 0) is 0 Å². The minimum atomic E-state index is -0.806. The molecule has 2 nitrogen and oxygen atoms in total. The first-order valence-electron chi connectivity index (χ1n) is 5.31. The number of aliphatic hydroxyl groups excluding tert-OH is 1. The molecule has 0 bridgehead atoms. The van der Waals surface area contributed by atoms with Crippen LogP contribution in [0.4, 0.5) is 4.39 Å². The fraction of sp³-hybridized carbons (Fsp3) is 0.385. The predicted octanol–water partition coefficient (Wildman–Crippen LogP) is 3.22. The van der Waals surface area contributed by atoms with Gasteiger partial charge in [0.15, 0.2) is 0 Å². The van der Waals surface area contributed by atoms with Gasteiger partial charge in [0, 0.05) is 11.6 Å². The quantitative estimate of drug-likeness (QED) is 0.778. The number of rotatable bonds is 5. The zero-order valence-electron chi connectivity index (χ0n) is 9.66. The first-order chi connectivity index (χ1) is 7.54. The lowest BCUT2D eigenvalue weighted by Gasteiger charge is -2.10. The molecule has 0 radical (unpaired) electrons. The van der Waals surface area contributed by atoms with Crippen LogP contribution in [0.5, 0.6) is 5.75 Å². The highest BCUT2D eigenvalue weighted by atomic mass is 19.1. The van der Waals surface area contributed by atoms with Crippen molar-refractivity contribution in [3.05, 3.63) is 41.7 Å². The van der Waals surface area contributed by atoms with E-state index in [0.717, 1.165) is 12.0 Å². The highest BCUT2D eigenvalue weighted by Crippen LogP contribution is 2.22. The third-order valence-corrected chi connectivity index (χ3v) is 2.36. The van der Waals surface area contributed by atoms with Gasteiger partial charge in [-0.3, -0.25) is 0 Å². The van der Waals surface area contributed by atoms with Crippen molar-refractivity contribution >= 4 is 0 Å². The Morgan fingerprint density at radius 2 is 2.25 bits per heavy atom. The van der Waals surface area contributed by atoms with Gasteiger partial charge in [-0.2, -0.15) is 0 Å². The van der Waals surface area contributed by atoms with E-state index in [1.54, 1.807) is 6.07 Å². The summed E-state index contributed by atoms with van der Waals surface area (Å²) < 4.78 is 18.8. The number of halogens is 1. The Kier molecular flexibility index (Phi) is 4.50. The highest BCUT2D eigenvalue weighted by molar-refractivity contribution is 5.30. The van der Waals surface area contributed by atoms with Crippen molar-refractivity contribution in [1.29, 1.82) is 0 Å². The summed E-state index contributed by atoms with van der Waals surface area (Å²) in [5.74, 6) is 0.00566. The fourth-order valence-corrected chi connectivity index (χ4v) is 1.22. The van der Waals surface area contributed by atoms with Crippen LogP contribution in [0.2, 0.25) is 0 Å². The Bertz CT molecular complexity index is 372. The number of hydrogen-bond donors (Lipinski definition) is 1. The van der Waals surface area contributed by atoms with E-state index in [9.17, 15) is 9.50 Å². The molecular formula is C13H17FO2. The maximum Gasteiger partial charge on any atom is 0.132 e. The van der Waals surface area contributed by atoms with Crippen molar-refractivity contribution in [3.8, 4) is 5.75 Å². The van der Waals surface area contributed by atoms with Gasteiger partial charge in [-0.15, -0.1) is 0 Å². The number of aliphatic hydroxyl groups is 1. The zero-order valence-corrected chi connectivity index (χ0v) is 9.66. The molecule has 1 aromatic carbocycles. The van der Waals surface area contributed by atoms with Gasteiger partial charge in [0.1, 0.15) is 18.2 Å². The summed E-state index contributed by atoms with van der Waals surface area (Å²) in [5, 5.41) is 9.26. The van der Waals surface area contributed by atoms with Gasteiger partial charge >= 0.3 is 0 Å². The normalized spacial score (nSPS) is 12.2. The monoisotopic (exact) mass is 224 g/mol. The standard InChI is InChI=1S/C13H17FO2/c1-4-9(2)8-16-11-5-6-12(10(3)15)13(14)7-11/h5-7,10,15H,2,4,8H2,1,3H3/t10-/m1/s1. The van der Waals surface area contributed by atoms with Crippen LogP contribution < -0.4 is 4.74 Å². The molecule has 3 heteroatoms. The molecule has 0 aromatic heterocycles. The van der Waals surface area contributed by atoms with Gasteiger partial charge in [-0.25, -0.2) is 4.39 Å². The molecule has 1 N–H and O–H groups in total. The van der Waals surface area contributed by atoms with Gasteiger partial charge < -0.3 is 9.84 Å². The topological polar surface area (TPSA) is 29.5 Å². The predicted molar refractivity (Wildman–Crippen MR) is 62.0 cm³/mol. The van der Waals surface area contributed by atoms with E-state index >= 15 is 0 Å². The van der Waals surface area contributed by atoms with E-state index in [1.807, 2.05) is 6.92 Å². The van der Waals surface area contributed by atoms with E-state index in [4.69, 9.17) is 4.74 Å². The average molecular weight is 224 g/mol. The van der Waals surface area contributed by atoms with Gasteiger partial charge in [-0.05, 0) is 31.1 Å². The second kappa shape index (κ2) is 5.66. The molecule has 0 aliphatic heterocycles. The molecule has 88 valence electrons. The lowest BCUT2D eigenvalue weighted by atomic mass is 10.1. The number of ether oxygens (including phenoxy) is 1. The van der Waals surface area contributed by atoms with Crippen LogP contribution in [0.1, 0.15) is 31.9 Å². The van der Waals surface area contributed by atoms with E-state index in [2.05, 4.69) is 6.58 Å². The molecule has 1 atom stereocenters. The Morgan fingerprint density at radius 3 is 2.75 bits per heavy atom. The Hall–Kier alpha value is -1.35. The first-order valence-corrected chi connectivity index (χ1v) is 5.31. The van der Waals surface area contributed by atoms with E-state index in [0.29, 0.717) is 12.4 Å². The maximum atomic E-state index is 13.4. The summed E-state index contributed by atoms with van der Waals surface area (Å²) in [5.41, 5.74) is 1.24. The molecule has 0 spiro atoms. The van der Waals surface area contributed by atoms with Crippen LogP contribution in [0.3, 0.4) is 0 Å². The van der Waals surface area contributed by atoms with Gasteiger partial charge in [0.05, 0.1) is 6.10 Å². The van der Waals surface area contributed by atoms with Crippen LogP contribution in [0.15, 0.2) is 30.4 Å². The van der Waals surface area contributed by atoms with E-state index < -0.39 is 11.9 Å². The lowest BCUT2D eigenvalue weighted by molar-refractivity contribution is 0.194. The summed E-state index contributed by atoms with van der Waals surface area (Å²) in [6.07, 6.45) is 0.0356. The van der Waals surface area contributed by atoms with Crippen molar-refractivity contribution in [2.75, 3.05) is 6.61 Å². The van der Waals surface area contributed by atoms with Crippen LogP contribution in [0.25, 0.3) is 0 Å². The number of hydrogen-bond acceptors (Lipinski definition) is 2. The largest absolute Gasteiger partial charge is 0.489 e. The molecule has 0 saturated heterocycles. The molecule has 1 rings (SSSR count). The lowest BCUT2D eigenvalue weighted by Crippen LogP contribution is -2.01. The Balaban J connectivity index is 2.70. The Labute approximate surface area is 95.4 Å². The van der Waals surface area contributed by atoms with E-state index in [-0.39, 0.29) is 5.56 Å². The Morgan fingerprint density at radius 1 is 1.56 bits per heavy atom. The minimum Gasteiger partial charge on any atom is -0.489 e. The summed E-state index contributed by atoms with van der Waals surface area (Å²) >= 11 is 0. The van der Waals surface area contributed by atoms with Crippen LogP contribution in [0, 0.1) is 5.82 Å². The summed E-state index contributed by atoms with van der Waals surface area (Å²) in [4.78, 5) is 0. The second-order valence-corrected chi connectivity index (χ2v) is 3.75. The molecular weight excluding hydrogens is 207 g/mol. The molecule has 0 aliphatic rings. The maximum absolute atomic E-state index is 13.4. The second-order valence-electron chi connectivity index (χ2n) is 3.75. The molecule has 0 fully saturated rings. The van der Waals surface area contributed by atoms with Crippen LogP contribution >= 0.6 is 0 Å². The number of benzene rings is 1. The third kappa shape index (κ3) is 3.35. The molecule has 0 unspecified atom stereocenters. The molecule has 0 aliphatic carbocycles. The van der Waals surface area contributed by atoms with Crippen molar-refractivity contribution in [2.45, 2.75) is 26.4 Å².